The molecule has 0 fully saturated rings. The van der Waals surface area contributed by atoms with Crippen molar-refractivity contribution in [3.63, 3.8) is 0 Å². The molecule has 1 amide bonds. The lowest BCUT2D eigenvalue weighted by Gasteiger charge is -2.11. The highest BCUT2D eigenvalue weighted by atomic mass is 79.9. The van der Waals surface area contributed by atoms with Gasteiger partial charge in [0.05, 0.1) is 6.21 Å². The molecule has 3 aromatic rings. The van der Waals surface area contributed by atoms with Crippen LogP contribution in [-0.2, 0) is 11.4 Å². The number of ether oxygens (including phenoxy) is 1. The number of carbonyl (C=O) groups excluding carboxylic acids is 1. The van der Waals surface area contributed by atoms with Gasteiger partial charge in [0.2, 0.25) is 5.91 Å². The molecule has 0 radical (unpaired) electrons. The number of halogens is 1. The van der Waals surface area contributed by atoms with Crippen molar-refractivity contribution < 1.29 is 9.53 Å². The zero-order chi connectivity index (χ0) is 20.1. The van der Waals surface area contributed by atoms with E-state index in [4.69, 9.17) is 4.74 Å². The van der Waals surface area contributed by atoms with Crippen LogP contribution in [0.25, 0.3) is 5.69 Å². The van der Waals surface area contributed by atoms with Gasteiger partial charge in [0, 0.05) is 34.0 Å². The predicted molar refractivity (Wildman–Crippen MR) is 115 cm³/mol. The van der Waals surface area contributed by atoms with Gasteiger partial charge in [-0.1, -0.05) is 28.1 Å². The average Bonchev–Trinajstić information content (AvgIpc) is 2.95. The maximum absolute atomic E-state index is 11.0. The van der Waals surface area contributed by atoms with Crippen molar-refractivity contribution in [3.8, 4) is 11.4 Å². The Labute approximate surface area is 173 Å². The number of amides is 1. The quantitative estimate of drug-likeness (QED) is 0.438. The first kappa shape index (κ1) is 19.9. The van der Waals surface area contributed by atoms with Crippen molar-refractivity contribution in [2.75, 3.05) is 0 Å². The number of aromatic nitrogens is 1. The maximum Gasteiger partial charge on any atom is 0.236 e. The van der Waals surface area contributed by atoms with Gasteiger partial charge in [-0.05, 0) is 61.9 Å². The van der Waals surface area contributed by atoms with Gasteiger partial charge in [0.15, 0.2) is 0 Å². The summed E-state index contributed by atoms with van der Waals surface area (Å²) in [5, 5.41) is 3.96. The van der Waals surface area contributed by atoms with Gasteiger partial charge in [-0.2, -0.15) is 5.10 Å². The van der Waals surface area contributed by atoms with Crippen LogP contribution in [0.5, 0.6) is 5.75 Å². The molecule has 1 heterocycles. The van der Waals surface area contributed by atoms with E-state index in [1.54, 1.807) is 6.21 Å². The van der Waals surface area contributed by atoms with Crippen molar-refractivity contribution in [1.29, 1.82) is 0 Å². The number of rotatable bonds is 6. The second kappa shape index (κ2) is 8.89. The number of nitrogens with zero attached hydrogens (tertiary/aromatic N) is 2. The first-order valence-corrected chi connectivity index (χ1v) is 9.69. The number of hydrogen-bond donors (Lipinski definition) is 1. The summed E-state index contributed by atoms with van der Waals surface area (Å²) in [6.07, 6.45) is 1.66. The third-order valence-electron chi connectivity index (χ3n) is 4.31. The largest absolute Gasteiger partial charge is 0.489 e. The summed E-state index contributed by atoms with van der Waals surface area (Å²) in [6, 6.07) is 18.1. The molecule has 2 aromatic carbocycles. The van der Waals surface area contributed by atoms with E-state index in [-0.39, 0.29) is 5.91 Å². The highest BCUT2D eigenvalue weighted by molar-refractivity contribution is 9.10. The third kappa shape index (κ3) is 4.89. The Morgan fingerprint density at radius 1 is 1.14 bits per heavy atom. The Kier molecular flexibility index (Phi) is 6.31. The molecule has 0 spiro atoms. The highest BCUT2D eigenvalue weighted by Crippen LogP contribution is 2.22. The van der Waals surface area contributed by atoms with Crippen LogP contribution in [0.15, 0.2) is 64.2 Å². The van der Waals surface area contributed by atoms with E-state index in [9.17, 15) is 4.79 Å². The second-order valence-electron chi connectivity index (χ2n) is 6.50. The van der Waals surface area contributed by atoms with Gasteiger partial charge >= 0.3 is 0 Å². The van der Waals surface area contributed by atoms with Crippen LogP contribution in [0.4, 0.5) is 0 Å². The molecule has 0 bridgehead atoms. The number of aryl methyl sites for hydroxylation is 1. The molecule has 0 atom stereocenters. The third-order valence-corrected chi connectivity index (χ3v) is 4.84. The normalized spacial score (nSPS) is 11.0. The van der Waals surface area contributed by atoms with Crippen LogP contribution in [0.1, 0.15) is 29.4 Å². The molecule has 3 rings (SSSR count). The fourth-order valence-electron chi connectivity index (χ4n) is 2.95. The van der Waals surface area contributed by atoms with E-state index >= 15 is 0 Å². The molecule has 1 aromatic heterocycles. The van der Waals surface area contributed by atoms with Crippen LogP contribution >= 0.6 is 15.9 Å². The van der Waals surface area contributed by atoms with Crippen LogP contribution in [0.2, 0.25) is 0 Å². The lowest BCUT2D eigenvalue weighted by Crippen LogP contribution is -2.12. The summed E-state index contributed by atoms with van der Waals surface area (Å²) in [7, 11) is 0. The molecule has 6 heteroatoms. The van der Waals surface area contributed by atoms with Gasteiger partial charge in [0.1, 0.15) is 12.4 Å². The van der Waals surface area contributed by atoms with E-state index < -0.39 is 0 Å². The molecule has 1 N–H and O–H groups in total. The molecule has 0 aliphatic carbocycles. The summed E-state index contributed by atoms with van der Waals surface area (Å²) in [5.41, 5.74) is 7.69. The van der Waals surface area contributed by atoms with Crippen LogP contribution in [-0.4, -0.2) is 16.7 Å². The number of nitrogens with one attached hydrogen (secondary N) is 1. The fraction of sp³-hybridized carbons (Fsp3) is 0.182. The summed E-state index contributed by atoms with van der Waals surface area (Å²) in [4.78, 5) is 11.0. The Hall–Kier alpha value is -2.86. The van der Waals surface area contributed by atoms with Gasteiger partial charge in [-0.3, -0.25) is 4.79 Å². The van der Waals surface area contributed by atoms with E-state index in [0.29, 0.717) is 6.61 Å². The summed E-state index contributed by atoms with van der Waals surface area (Å²) < 4.78 is 9.08. The summed E-state index contributed by atoms with van der Waals surface area (Å²) in [5.74, 6) is 0.630. The van der Waals surface area contributed by atoms with Crippen LogP contribution in [0, 0.1) is 13.8 Å². The van der Waals surface area contributed by atoms with E-state index in [2.05, 4.69) is 31.0 Å². The van der Waals surface area contributed by atoms with Gasteiger partial charge in [-0.25, -0.2) is 5.43 Å². The Bertz CT molecular complexity index is 990. The predicted octanol–water partition coefficient (Wildman–Crippen LogP) is 4.91. The van der Waals surface area contributed by atoms with Crippen molar-refractivity contribution in [2.24, 2.45) is 5.10 Å². The minimum atomic E-state index is -0.191. The van der Waals surface area contributed by atoms with Gasteiger partial charge < -0.3 is 9.30 Å². The van der Waals surface area contributed by atoms with Gasteiger partial charge in [-0.15, -0.1) is 0 Å². The first-order chi connectivity index (χ1) is 13.4. The molecule has 0 aliphatic rings. The van der Waals surface area contributed by atoms with Crippen LogP contribution < -0.4 is 10.2 Å². The number of carbonyl (C=O) groups is 1. The monoisotopic (exact) mass is 439 g/mol. The number of benzene rings is 2. The lowest BCUT2D eigenvalue weighted by molar-refractivity contribution is -0.118. The molecule has 28 heavy (non-hydrogen) atoms. The molecule has 5 nitrogen and oxygen atoms in total. The SMILES string of the molecule is CC(=O)N/N=C\c1cc(C)n(-c2ccc(OCc3ccc(Br)cc3)cc2)c1C. The number of hydrazone groups is 1. The maximum atomic E-state index is 11.0. The minimum absolute atomic E-state index is 0.191. The fourth-order valence-corrected chi connectivity index (χ4v) is 3.21. The molecule has 0 saturated carbocycles. The molecule has 0 aliphatic heterocycles. The van der Waals surface area contributed by atoms with E-state index in [1.165, 1.54) is 6.92 Å². The van der Waals surface area contributed by atoms with Crippen molar-refractivity contribution in [1.82, 2.24) is 9.99 Å². The Morgan fingerprint density at radius 3 is 2.46 bits per heavy atom. The lowest BCUT2D eigenvalue weighted by atomic mass is 10.2. The summed E-state index contributed by atoms with van der Waals surface area (Å²) in [6.45, 7) is 6.03. The highest BCUT2D eigenvalue weighted by Gasteiger charge is 2.09. The van der Waals surface area contributed by atoms with Crippen molar-refractivity contribution in [3.05, 3.63) is 81.6 Å². The van der Waals surface area contributed by atoms with E-state index in [1.807, 2.05) is 68.4 Å². The standard InChI is InChI=1S/C22H22BrN3O2/c1-15-12-19(13-24-25-17(3)27)16(2)26(15)21-8-10-22(11-9-21)28-14-18-4-6-20(23)7-5-18/h4-13H,14H2,1-3H3,(H,25,27)/b24-13-. The smallest absolute Gasteiger partial charge is 0.236 e. The van der Waals surface area contributed by atoms with Crippen molar-refractivity contribution >= 4 is 28.1 Å². The minimum Gasteiger partial charge on any atom is -0.489 e. The van der Waals surface area contributed by atoms with Gasteiger partial charge in [0.25, 0.3) is 0 Å². The average molecular weight is 440 g/mol. The second-order valence-corrected chi connectivity index (χ2v) is 7.41. The number of hydrogen-bond acceptors (Lipinski definition) is 3. The molecule has 0 saturated heterocycles. The van der Waals surface area contributed by atoms with Crippen molar-refractivity contribution in [2.45, 2.75) is 27.4 Å². The molecule has 0 unspecified atom stereocenters. The molecular weight excluding hydrogens is 418 g/mol. The topological polar surface area (TPSA) is 55.6 Å². The Morgan fingerprint density at radius 2 is 1.82 bits per heavy atom. The Balaban J connectivity index is 1.72. The summed E-state index contributed by atoms with van der Waals surface area (Å²) >= 11 is 3.44. The van der Waals surface area contributed by atoms with Crippen LogP contribution in [0.3, 0.4) is 0 Å². The molecular formula is C22H22BrN3O2. The zero-order valence-corrected chi connectivity index (χ0v) is 17.7. The molecule has 144 valence electrons. The zero-order valence-electron chi connectivity index (χ0n) is 16.1. The van der Waals surface area contributed by atoms with E-state index in [0.717, 1.165) is 38.4 Å². The first-order valence-electron chi connectivity index (χ1n) is 8.90.